The van der Waals surface area contributed by atoms with E-state index < -0.39 is 20.0 Å². The lowest BCUT2D eigenvalue weighted by Crippen LogP contribution is -2.49. The van der Waals surface area contributed by atoms with Crippen molar-refractivity contribution in [3.8, 4) is 0 Å². The van der Waals surface area contributed by atoms with Gasteiger partial charge in [0.1, 0.15) is 0 Å². The first-order valence-electron chi connectivity index (χ1n) is 8.28. The highest BCUT2D eigenvalue weighted by atomic mass is 79.9. The molecule has 9 heteroatoms. The minimum Gasteiger partial charge on any atom is -0.208 e. The van der Waals surface area contributed by atoms with Crippen LogP contribution < -0.4 is 0 Å². The van der Waals surface area contributed by atoms with E-state index in [0.29, 0.717) is 4.47 Å². The van der Waals surface area contributed by atoms with Crippen LogP contribution in [0.5, 0.6) is 0 Å². The van der Waals surface area contributed by atoms with Gasteiger partial charge in [-0.3, -0.25) is 0 Å². The molecule has 27 heavy (non-hydrogen) atoms. The number of nitrogens with zero attached hydrogens (tertiary/aromatic N) is 2. The van der Waals surface area contributed by atoms with Gasteiger partial charge in [-0.15, -0.1) is 0 Å². The van der Waals surface area contributed by atoms with E-state index in [1.54, 1.807) is 24.3 Å². The maximum atomic E-state index is 12.7. The molecule has 0 unspecified atom stereocenters. The van der Waals surface area contributed by atoms with Crippen LogP contribution in [0.2, 0.25) is 0 Å². The minimum absolute atomic E-state index is 0.118. The number of rotatable bonds is 5. The average Bonchev–Trinajstić information content (AvgIpc) is 2.67. The van der Waals surface area contributed by atoms with Gasteiger partial charge < -0.3 is 0 Å². The molecule has 0 amide bonds. The highest BCUT2D eigenvalue weighted by Gasteiger charge is 2.32. The van der Waals surface area contributed by atoms with E-state index >= 15 is 0 Å². The Hall–Kier alpha value is -1.52. The standard InChI is InChI=1S/C18H19BrN2O4S2/c19-17-7-4-8-18(15-17)27(24,25)21-12-10-20(11-13-21)26(22,23)14-9-16-5-2-1-3-6-16/h1-9,14-15H,10-13H2. The molecule has 0 aromatic heterocycles. The molecule has 0 saturated carbocycles. The van der Waals surface area contributed by atoms with Gasteiger partial charge >= 0.3 is 0 Å². The van der Waals surface area contributed by atoms with Crippen LogP contribution >= 0.6 is 15.9 Å². The molecule has 0 atom stereocenters. The number of hydrogen-bond donors (Lipinski definition) is 0. The van der Waals surface area contributed by atoms with Crippen LogP contribution in [0.1, 0.15) is 5.56 Å². The largest absolute Gasteiger partial charge is 0.243 e. The zero-order chi connectivity index (χ0) is 19.5. The third-order valence-electron chi connectivity index (χ3n) is 4.22. The maximum Gasteiger partial charge on any atom is 0.243 e. The second-order valence-corrected chi connectivity index (χ2v) is 10.7. The summed E-state index contributed by atoms with van der Waals surface area (Å²) in [5, 5.41) is 1.17. The molecule has 0 bridgehead atoms. The van der Waals surface area contributed by atoms with E-state index in [1.165, 1.54) is 20.1 Å². The highest BCUT2D eigenvalue weighted by molar-refractivity contribution is 9.10. The van der Waals surface area contributed by atoms with Crippen LogP contribution in [0, 0.1) is 0 Å². The Labute approximate surface area is 168 Å². The van der Waals surface area contributed by atoms with Gasteiger partial charge in [-0.1, -0.05) is 52.3 Å². The normalized spacial score (nSPS) is 17.4. The van der Waals surface area contributed by atoms with Crippen LogP contribution in [0.4, 0.5) is 0 Å². The Morgan fingerprint density at radius 2 is 1.44 bits per heavy atom. The second-order valence-electron chi connectivity index (χ2n) is 6.02. The van der Waals surface area contributed by atoms with Gasteiger partial charge in [-0.2, -0.15) is 8.61 Å². The van der Waals surface area contributed by atoms with Crippen molar-refractivity contribution < 1.29 is 16.8 Å². The lowest BCUT2D eigenvalue weighted by Gasteiger charge is -2.32. The number of hydrogen-bond acceptors (Lipinski definition) is 4. The summed E-state index contributed by atoms with van der Waals surface area (Å²) < 4.78 is 53.8. The van der Waals surface area contributed by atoms with Crippen molar-refractivity contribution in [2.45, 2.75) is 4.90 Å². The van der Waals surface area contributed by atoms with Crippen molar-refractivity contribution in [1.29, 1.82) is 0 Å². The minimum atomic E-state index is -3.64. The molecule has 1 heterocycles. The number of benzene rings is 2. The third kappa shape index (κ3) is 4.85. The Bertz CT molecular complexity index is 1030. The predicted molar refractivity (Wildman–Crippen MR) is 109 cm³/mol. The molecule has 1 aliphatic heterocycles. The van der Waals surface area contributed by atoms with Gasteiger partial charge in [0.25, 0.3) is 0 Å². The zero-order valence-corrected chi connectivity index (χ0v) is 17.6. The van der Waals surface area contributed by atoms with Crippen molar-refractivity contribution in [3.63, 3.8) is 0 Å². The Kier molecular flexibility index (Phi) is 6.17. The lowest BCUT2D eigenvalue weighted by atomic mass is 10.2. The van der Waals surface area contributed by atoms with Crippen molar-refractivity contribution in [2.24, 2.45) is 0 Å². The first-order chi connectivity index (χ1) is 12.8. The Morgan fingerprint density at radius 3 is 2.07 bits per heavy atom. The van der Waals surface area contributed by atoms with Gasteiger partial charge in [0.2, 0.25) is 20.0 Å². The van der Waals surface area contributed by atoms with E-state index in [9.17, 15) is 16.8 Å². The molecule has 0 spiro atoms. The van der Waals surface area contributed by atoms with Crippen molar-refractivity contribution >= 4 is 42.1 Å². The SMILES string of the molecule is O=S(=O)(C=Cc1ccccc1)N1CCN(S(=O)(=O)c2cccc(Br)c2)CC1. The fourth-order valence-corrected chi connectivity index (χ4v) is 5.95. The summed E-state index contributed by atoms with van der Waals surface area (Å²) in [6, 6.07) is 15.6. The highest BCUT2D eigenvalue weighted by Crippen LogP contribution is 2.22. The number of sulfonamides is 2. The van der Waals surface area contributed by atoms with Gasteiger partial charge in [-0.05, 0) is 29.8 Å². The molecule has 1 fully saturated rings. The van der Waals surface area contributed by atoms with Crippen LogP contribution in [-0.2, 0) is 20.0 Å². The summed E-state index contributed by atoms with van der Waals surface area (Å²) >= 11 is 3.27. The van der Waals surface area contributed by atoms with Crippen LogP contribution in [0.25, 0.3) is 6.08 Å². The van der Waals surface area contributed by atoms with E-state index in [1.807, 2.05) is 30.3 Å². The van der Waals surface area contributed by atoms with Gasteiger partial charge in [0.05, 0.1) is 4.90 Å². The molecule has 0 aliphatic carbocycles. The van der Waals surface area contributed by atoms with E-state index in [0.717, 1.165) is 5.56 Å². The fourth-order valence-electron chi connectivity index (χ4n) is 2.76. The van der Waals surface area contributed by atoms with Crippen molar-refractivity contribution in [1.82, 2.24) is 8.61 Å². The summed E-state index contributed by atoms with van der Waals surface area (Å²) in [5.74, 6) is 0. The molecule has 0 N–H and O–H groups in total. The summed E-state index contributed by atoms with van der Waals surface area (Å²) in [6.45, 7) is 0.476. The summed E-state index contributed by atoms with van der Waals surface area (Å²) in [7, 11) is -7.24. The molecule has 1 saturated heterocycles. The summed E-state index contributed by atoms with van der Waals surface area (Å²) in [5.41, 5.74) is 0.789. The predicted octanol–water partition coefficient (Wildman–Crippen LogP) is 2.76. The smallest absolute Gasteiger partial charge is 0.208 e. The molecule has 2 aromatic rings. The molecule has 1 aliphatic rings. The fraction of sp³-hybridized carbons (Fsp3) is 0.222. The molecule has 6 nitrogen and oxygen atoms in total. The molecular formula is C18H19BrN2O4S2. The van der Waals surface area contributed by atoms with Crippen molar-refractivity contribution in [2.75, 3.05) is 26.2 Å². The first-order valence-corrected chi connectivity index (χ1v) is 12.0. The first kappa shape index (κ1) is 20.2. The van der Waals surface area contributed by atoms with Gasteiger partial charge in [0.15, 0.2) is 0 Å². The Morgan fingerprint density at radius 1 is 0.815 bits per heavy atom. The molecule has 2 aromatic carbocycles. The van der Waals surface area contributed by atoms with E-state index in [2.05, 4.69) is 15.9 Å². The summed E-state index contributed by atoms with van der Waals surface area (Å²) in [4.78, 5) is 0.192. The van der Waals surface area contributed by atoms with Gasteiger partial charge in [0, 0.05) is 36.1 Å². The Balaban J connectivity index is 1.68. The summed E-state index contributed by atoms with van der Waals surface area (Å²) in [6.07, 6.45) is 1.54. The van der Waals surface area contributed by atoms with Crippen LogP contribution in [-0.4, -0.2) is 51.6 Å². The van der Waals surface area contributed by atoms with Gasteiger partial charge in [-0.25, -0.2) is 16.8 Å². The molecular weight excluding hydrogens is 452 g/mol. The quantitative estimate of drug-likeness (QED) is 0.672. The van der Waals surface area contributed by atoms with Crippen LogP contribution in [0.15, 0.2) is 69.4 Å². The lowest BCUT2D eigenvalue weighted by molar-refractivity contribution is 0.275. The monoisotopic (exact) mass is 470 g/mol. The zero-order valence-electron chi connectivity index (χ0n) is 14.4. The number of piperazine rings is 1. The van der Waals surface area contributed by atoms with Crippen molar-refractivity contribution in [3.05, 3.63) is 70.0 Å². The molecule has 3 rings (SSSR count). The molecule has 144 valence electrons. The maximum absolute atomic E-state index is 12.7. The third-order valence-corrected chi connectivity index (χ3v) is 8.18. The molecule has 0 radical (unpaired) electrons. The topological polar surface area (TPSA) is 74.8 Å². The van der Waals surface area contributed by atoms with E-state index in [-0.39, 0.29) is 31.1 Å². The second kappa shape index (κ2) is 8.24. The number of halogens is 1. The van der Waals surface area contributed by atoms with E-state index in [4.69, 9.17) is 0 Å². The average molecular weight is 471 g/mol. The van der Waals surface area contributed by atoms with Crippen LogP contribution in [0.3, 0.4) is 0 Å².